The summed E-state index contributed by atoms with van der Waals surface area (Å²) in [6.07, 6.45) is 1.89. The van der Waals surface area contributed by atoms with Crippen molar-refractivity contribution in [3.05, 3.63) is 41.2 Å². The Morgan fingerprint density at radius 2 is 2.04 bits per heavy atom. The molecule has 8 heteroatoms. The Hall–Kier alpha value is -2.64. The van der Waals surface area contributed by atoms with E-state index in [9.17, 15) is 13.6 Å². The van der Waals surface area contributed by atoms with E-state index in [0.29, 0.717) is 5.56 Å². The van der Waals surface area contributed by atoms with Crippen LogP contribution in [-0.2, 0) is 6.54 Å². The molecule has 1 amide bonds. The number of carbonyl (C=O) groups excluding carboxylic acids is 1. The number of hydrogen-bond donors (Lipinski definition) is 1. The lowest BCUT2D eigenvalue weighted by Crippen LogP contribution is -2.27. The first-order valence-corrected chi connectivity index (χ1v) is 8.42. The summed E-state index contributed by atoms with van der Waals surface area (Å²) in [6, 6.07) is 3.86. The van der Waals surface area contributed by atoms with Crippen LogP contribution >= 0.6 is 0 Å². The van der Waals surface area contributed by atoms with E-state index in [1.165, 1.54) is 18.2 Å². The van der Waals surface area contributed by atoms with Crippen LogP contribution in [0.15, 0.2) is 24.4 Å². The van der Waals surface area contributed by atoms with Crippen molar-refractivity contribution in [3.8, 4) is 11.5 Å². The maximum Gasteiger partial charge on any atom is 0.387 e. The minimum atomic E-state index is -2.97. The molecule has 0 spiro atoms. The van der Waals surface area contributed by atoms with Crippen LogP contribution in [0.5, 0.6) is 11.5 Å². The normalized spacial score (nSPS) is 12.1. The van der Waals surface area contributed by atoms with Crippen molar-refractivity contribution in [1.29, 1.82) is 0 Å². The van der Waals surface area contributed by atoms with Crippen LogP contribution in [0.25, 0.3) is 0 Å². The molecule has 0 aliphatic carbocycles. The molecule has 6 nitrogen and oxygen atoms in total. The van der Waals surface area contributed by atoms with Crippen LogP contribution in [0.1, 0.15) is 48.4 Å². The van der Waals surface area contributed by atoms with Gasteiger partial charge in [0.1, 0.15) is 0 Å². The fourth-order valence-corrected chi connectivity index (χ4v) is 2.59. The van der Waals surface area contributed by atoms with Crippen molar-refractivity contribution in [1.82, 2.24) is 15.1 Å². The van der Waals surface area contributed by atoms with E-state index in [1.54, 1.807) is 11.6 Å². The third-order valence-electron chi connectivity index (χ3n) is 3.84. The topological polar surface area (TPSA) is 65.4 Å². The van der Waals surface area contributed by atoms with Gasteiger partial charge in [0.05, 0.1) is 18.3 Å². The monoisotopic (exact) mass is 367 g/mol. The summed E-state index contributed by atoms with van der Waals surface area (Å²) < 4.78 is 36.4. The van der Waals surface area contributed by atoms with Crippen molar-refractivity contribution in [2.24, 2.45) is 0 Å². The number of aryl methyl sites for hydroxylation is 2. The van der Waals surface area contributed by atoms with Gasteiger partial charge in [0.15, 0.2) is 11.5 Å². The van der Waals surface area contributed by atoms with Gasteiger partial charge in [-0.15, -0.1) is 0 Å². The quantitative estimate of drug-likeness (QED) is 0.773. The van der Waals surface area contributed by atoms with E-state index < -0.39 is 6.61 Å². The molecule has 1 aromatic carbocycles. The molecule has 1 aromatic heterocycles. The Bertz CT molecular complexity index is 762. The second-order valence-electron chi connectivity index (χ2n) is 5.69. The number of alkyl halides is 2. The summed E-state index contributed by atoms with van der Waals surface area (Å²) in [5, 5.41) is 7.25. The fourth-order valence-electron chi connectivity index (χ4n) is 2.59. The number of benzene rings is 1. The third kappa shape index (κ3) is 4.71. The summed E-state index contributed by atoms with van der Waals surface area (Å²) >= 11 is 0. The minimum absolute atomic E-state index is 0.100. The maximum absolute atomic E-state index is 12.5. The van der Waals surface area contributed by atoms with Gasteiger partial charge in [0.25, 0.3) is 5.91 Å². The summed E-state index contributed by atoms with van der Waals surface area (Å²) in [5.41, 5.74) is 2.06. The lowest BCUT2D eigenvalue weighted by atomic mass is 10.1. The van der Waals surface area contributed by atoms with Gasteiger partial charge in [-0.2, -0.15) is 13.9 Å². The highest BCUT2D eigenvalue weighted by Crippen LogP contribution is 2.30. The Balaban J connectivity index is 2.17. The SMILES string of the molecule is CCOc1cc(C(=O)NC(C)c2cn(CC)nc2C)ccc1OC(F)F. The van der Waals surface area contributed by atoms with Gasteiger partial charge < -0.3 is 14.8 Å². The summed E-state index contributed by atoms with van der Waals surface area (Å²) in [6.45, 7) is 5.48. The first-order chi connectivity index (χ1) is 12.3. The molecule has 0 radical (unpaired) electrons. The molecule has 1 atom stereocenters. The molecule has 26 heavy (non-hydrogen) atoms. The van der Waals surface area contributed by atoms with E-state index >= 15 is 0 Å². The lowest BCUT2D eigenvalue weighted by Gasteiger charge is -2.15. The zero-order valence-corrected chi connectivity index (χ0v) is 15.3. The molecule has 0 saturated heterocycles. The molecule has 2 rings (SSSR count). The Morgan fingerprint density at radius 3 is 2.62 bits per heavy atom. The van der Waals surface area contributed by atoms with E-state index in [2.05, 4.69) is 15.2 Å². The van der Waals surface area contributed by atoms with Crippen LogP contribution in [0.4, 0.5) is 8.78 Å². The van der Waals surface area contributed by atoms with E-state index in [1.807, 2.05) is 27.0 Å². The number of carbonyl (C=O) groups is 1. The predicted molar refractivity (Wildman–Crippen MR) is 92.8 cm³/mol. The molecule has 1 N–H and O–H groups in total. The Labute approximate surface area is 151 Å². The third-order valence-corrected chi connectivity index (χ3v) is 3.84. The van der Waals surface area contributed by atoms with Gasteiger partial charge in [-0.1, -0.05) is 0 Å². The molecular formula is C18H23F2N3O3. The molecule has 0 saturated carbocycles. The second kappa shape index (κ2) is 8.64. The number of ether oxygens (including phenoxy) is 2. The first kappa shape index (κ1) is 19.7. The van der Waals surface area contributed by atoms with Crippen LogP contribution in [0.3, 0.4) is 0 Å². The van der Waals surface area contributed by atoms with Gasteiger partial charge in [-0.3, -0.25) is 9.48 Å². The van der Waals surface area contributed by atoms with Gasteiger partial charge in [-0.25, -0.2) is 0 Å². The largest absolute Gasteiger partial charge is 0.490 e. The van der Waals surface area contributed by atoms with Crippen molar-refractivity contribution in [3.63, 3.8) is 0 Å². The van der Waals surface area contributed by atoms with E-state index in [4.69, 9.17) is 4.74 Å². The second-order valence-corrected chi connectivity index (χ2v) is 5.69. The van der Waals surface area contributed by atoms with Crippen LogP contribution in [0.2, 0.25) is 0 Å². The van der Waals surface area contributed by atoms with Gasteiger partial charge in [0, 0.05) is 23.9 Å². The molecule has 1 unspecified atom stereocenters. The molecule has 142 valence electrons. The van der Waals surface area contributed by atoms with E-state index in [-0.39, 0.29) is 30.1 Å². The molecule has 2 aromatic rings. The number of aromatic nitrogens is 2. The Kier molecular flexibility index (Phi) is 6.54. The zero-order chi connectivity index (χ0) is 19.3. The van der Waals surface area contributed by atoms with Crippen molar-refractivity contribution in [2.45, 2.75) is 46.9 Å². The molecule has 0 bridgehead atoms. The number of nitrogens with zero attached hydrogens (tertiary/aromatic N) is 2. The van der Waals surface area contributed by atoms with Crippen molar-refractivity contribution >= 4 is 5.91 Å². The number of hydrogen-bond acceptors (Lipinski definition) is 4. The van der Waals surface area contributed by atoms with Crippen molar-refractivity contribution < 1.29 is 23.0 Å². The van der Waals surface area contributed by atoms with Crippen LogP contribution in [-0.4, -0.2) is 28.9 Å². The number of rotatable bonds is 8. The van der Waals surface area contributed by atoms with Crippen LogP contribution < -0.4 is 14.8 Å². The van der Waals surface area contributed by atoms with Gasteiger partial charge in [-0.05, 0) is 45.9 Å². The Morgan fingerprint density at radius 1 is 1.31 bits per heavy atom. The highest BCUT2D eigenvalue weighted by Gasteiger charge is 2.18. The summed E-state index contributed by atoms with van der Waals surface area (Å²) in [5.74, 6) is -0.347. The number of amides is 1. The van der Waals surface area contributed by atoms with Crippen molar-refractivity contribution in [2.75, 3.05) is 6.61 Å². The molecular weight excluding hydrogens is 344 g/mol. The van der Waals surface area contributed by atoms with E-state index in [0.717, 1.165) is 17.8 Å². The molecule has 0 fully saturated rings. The minimum Gasteiger partial charge on any atom is -0.490 e. The average Bonchev–Trinajstić information content (AvgIpc) is 2.97. The van der Waals surface area contributed by atoms with Gasteiger partial charge >= 0.3 is 6.61 Å². The molecule has 0 aliphatic heterocycles. The summed E-state index contributed by atoms with van der Waals surface area (Å²) in [4.78, 5) is 12.5. The highest BCUT2D eigenvalue weighted by atomic mass is 19.3. The standard InChI is InChI=1S/C18H23F2N3O3/c1-5-23-10-14(12(4)22-23)11(3)21-17(24)13-7-8-15(26-18(19)20)16(9-13)25-6-2/h7-11,18H,5-6H2,1-4H3,(H,21,24). The number of halogens is 2. The number of nitrogens with one attached hydrogen (secondary N) is 1. The highest BCUT2D eigenvalue weighted by molar-refractivity contribution is 5.95. The van der Waals surface area contributed by atoms with Gasteiger partial charge in [0.2, 0.25) is 0 Å². The van der Waals surface area contributed by atoms with Crippen LogP contribution in [0, 0.1) is 6.92 Å². The first-order valence-electron chi connectivity index (χ1n) is 8.42. The average molecular weight is 367 g/mol. The smallest absolute Gasteiger partial charge is 0.387 e. The molecule has 0 aliphatic rings. The summed E-state index contributed by atoms with van der Waals surface area (Å²) in [7, 11) is 0. The lowest BCUT2D eigenvalue weighted by molar-refractivity contribution is -0.0514. The zero-order valence-electron chi connectivity index (χ0n) is 15.3. The predicted octanol–water partition coefficient (Wildman–Crippen LogP) is 3.70. The maximum atomic E-state index is 12.5. The molecule has 1 heterocycles. The fraction of sp³-hybridized carbons (Fsp3) is 0.444.